The van der Waals surface area contributed by atoms with E-state index in [-0.39, 0.29) is 0 Å². The second-order valence-corrected chi connectivity index (χ2v) is 6.19. The van der Waals surface area contributed by atoms with Crippen molar-refractivity contribution in [3.63, 3.8) is 0 Å². The molecule has 1 rings (SSSR count). The van der Waals surface area contributed by atoms with E-state index in [1.807, 2.05) is 18.4 Å². The van der Waals surface area contributed by atoms with Gasteiger partial charge >= 0.3 is 0 Å². The first-order chi connectivity index (χ1) is 8.13. The Bertz CT molecular complexity index is 282. The summed E-state index contributed by atoms with van der Waals surface area (Å²) in [6, 6.07) is 4.37. The molecule has 3 heteroatoms. The van der Waals surface area contributed by atoms with Crippen LogP contribution >= 0.6 is 11.3 Å². The van der Waals surface area contributed by atoms with Crippen LogP contribution in [-0.4, -0.2) is 38.6 Å². The SMILES string of the molecule is CNCC(CN(C)CCc1cccs1)C(C)C. The van der Waals surface area contributed by atoms with Crippen LogP contribution in [0.2, 0.25) is 0 Å². The Kier molecular flexibility index (Phi) is 6.78. The Morgan fingerprint density at radius 2 is 2.18 bits per heavy atom. The van der Waals surface area contributed by atoms with Crippen molar-refractivity contribution < 1.29 is 0 Å². The van der Waals surface area contributed by atoms with Gasteiger partial charge in [0.25, 0.3) is 0 Å². The van der Waals surface area contributed by atoms with E-state index in [1.165, 1.54) is 17.8 Å². The molecule has 0 aliphatic carbocycles. The van der Waals surface area contributed by atoms with Crippen LogP contribution in [0.25, 0.3) is 0 Å². The molecule has 0 saturated heterocycles. The first-order valence-corrected chi connectivity index (χ1v) is 7.37. The van der Waals surface area contributed by atoms with Crippen LogP contribution in [0.1, 0.15) is 18.7 Å². The highest BCUT2D eigenvalue weighted by atomic mass is 32.1. The lowest BCUT2D eigenvalue weighted by Crippen LogP contribution is -2.35. The van der Waals surface area contributed by atoms with Gasteiger partial charge in [-0.2, -0.15) is 0 Å². The fourth-order valence-corrected chi connectivity index (χ4v) is 2.72. The zero-order chi connectivity index (χ0) is 12.7. The Labute approximate surface area is 110 Å². The van der Waals surface area contributed by atoms with Crippen molar-refractivity contribution in [2.24, 2.45) is 11.8 Å². The van der Waals surface area contributed by atoms with Gasteiger partial charge in [0.05, 0.1) is 0 Å². The average molecular weight is 254 g/mol. The Morgan fingerprint density at radius 1 is 1.41 bits per heavy atom. The minimum atomic E-state index is 0.742. The molecule has 1 heterocycles. The fraction of sp³-hybridized carbons (Fsp3) is 0.714. The normalized spacial score (nSPS) is 13.5. The maximum atomic E-state index is 3.30. The summed E-state index contributed by atoms with van der Waals surface area (Å²) in [6.45, 7) is 8.09. The summed E-state index contributed by atoms with van der Waals surface area (Å²) in [6.07, 6.45) is 1.18. The predicted octanol–water partition coefficient (Wildman–Crippen LogP) is 2.71. The molecule has 98 valence electrons. The molecule has 1 N–H and O–H groups in total. The van der Waals surface area contributed by atoms with E-state index >= 15 is 0 Å². The summed E-state index contributed by atoms with van der Waals surface area (Å²) in [5.41, 5.74) is 0. The number of rotatable bonds is 8. The summed E-state index contributed by atoms with van der Waals surface area (Å²) >= 11 is 1.86. The van der Waals surface area contributed by atoms with Gasteiger partial charge in [0, 0.05) is 18.0 Å². The lowest BCUT2D eigenvalue weighted by molar-refractivity contribution is 0.235. The predicted molar refractivity (Wildman–Crippen MR) is 77.8 cm³/mol. The maximum Gasteiger partial charge on any atom is 0.00579 e. The van der Waals surface area contributed by atoms with E-state index in [2.05, 4.69) is 48.6 Å². The number of likely N-dealkylation sites (N-methyl/N-ethyl adjacent to an activating group) is 1. The van der Waals surface area contributed by atoms with Gasteiger partial charge in [-0.3, -0.25) is 0 Å². The molecule has 0 amide bonds. The average Bonchev–Trinajstić information content (AvgIpc) is 2.78. The van der Waals surface area contributed by atoms with Gasteiger partial charge in [0.15, 0.2) is 0 Å². The van der Waals surface area contributed by atoms with Gasteiger partial charge in [-0.15, -0.1) is 11.3 Å². The highest BCUT2D eigenvalue weighted by Crippen LogP contribution is 2.13. The van der Waals surface area contributed by atoms with E-state index in [9.17, 15) is 0 Å². The molecule has 1 atom stereocenters. The first kappa shape index (κ1) is 14.7. The monoisotopic (exact) mass is 254 g/mol. The zero-order valence-electron chi connectivity index (χ0n) is 11.6. The van der Waals surface area contributed by atoms with Crippen LogP contribution in [0.15, 0.2) is 17.5 Å². The van der Waals surface area contributed by atoms with Gasteiger partial charge in [-0.25, -0.2) is 0 Å². The fourth-order valence-electron chi connectivity index (χ4n) is 2.02. The van der Waals surface area contributed by atoms with Crippen molar-refractivity contribution in [1.29, 1.82) is 0 Å². The molecule has 0 fully saturated rings. The van der Waals surface area contributed by atoms with Gasteiger partial charge < -0.3 is 10.2 Å². The molecular formula is C14H26N2S. The van der Waals surface area contributed by atoms with Gasteiger partial charge in [-0.05, 0) is 50.3 Å². The molecule has 1 unspecified atom stereocenters. The molecule has 1 aromatic rings. The molecule has 2 nitrogen and oxygen atoms in total. The number of thiophene rings is 1. The molecule has 1 aromatic heterocycles. The van der Waals surface area contributed by atoms with Crippen molar-refractivity contribution >= 4 is 11.3 Å². The summed E-state index contributed by atoms with van der Waals surface area (Å²) in [5.74, 6) is 1.49. The highest BCUT2D eigenvalue weighted by molar-refractivity contribution is 7.09. The molecule has 17 heavy (non-hydrogen) atoms. The maximum absolute atomic E-state index is 3.30. The molecule has 0 saturated carbocycles. The summed E-state index contributed by atoms with van der Waals surface area (Å²) < 4.78 is 0. The van der Waals surface area contributed by atoms with E-state index < -0.39 is 0 Å². The smallest absolute Gasteiger partial charge is 0.00579 e. The number of hydrogen-bond acceptors (Lipinski definition) is 3. The lowest BCUT2D eigenvalue weighted by Gasteiger charge is -2.26. The van der Waals surface area contributed by atoms with Crippen molar-refractivity contribution in [3.8, 4) is 0 Å². The third-order valence-electron chi connectivity index (χ3n) is 3.28. The molecule has 0 bridgehead atoms. The number of hydrogen-bond donors (Lipinski definition) is 1. The van der Waals surface area contributed by atoms with Crippen LogP contribution in [0.5, 0.6) is 0 Å². The van der Waals surface area contributed by atoms with Crippen molar-refractivity contribution in [1.82, 2.24) is 10.2 Å². The van der Waals surface area contributed by atoms with Gasteiger partial charge in [0.2, 0.25) is 0 Å². The highest BCUT2D eigenvalue weighted by Gasteiger charge is 2.14. The van der Waals surface area contributed by atoms with Crippen molar-refractivity contribution in [2.75, 3.05) is 33.7 Å². The molecular weight excluding hydrogens is 228 g/mol. The summed E-state index contributed by atoms with van der Waals surface area (Å²) in [7, 11) is 4.28. The first-order valence-electron chi connectivity index (χ1n) is 6.49. The number of nitrogens with zero attached hydrogens (tertiary/aromatic N) is 1. The molecule has 0 spiro atoms. The van der Waals surface area contributed by atoms with Crippen LogP contribution in [0, 0.1) is 11.8 Å². The third kappa shape index (κ3) is 5.66. The Morgan fingerprint density at radius 3 is 2.71 bits per heavy atom. The molecule has 0 aromatic carbocycles. The second-order valence-electron chi connectivity index (χ2n) is 5.15. The Hall–Kier alpha value is -0.380. The van der Waals surface area contributed by atoms with Gasteiger partial charge in [-0.1, -0.05) is 19.9 Å². The van der Waals surface area contributed by atoms with Crippen LogP contribution in [0.4, 0.5) is 0 Å². The standard InChI is InChI=1S/C14H26N2S/c1-12(2)13(10-15-3)11-16(4)8-7-14-6-5-9-17-14/h5-6,9,12-13,15H,7-8,10-11H2,1-4H3. The minimum absolute atomic E-state index is 0.742. The van der Waals surface area contributed by atoms with E-state index in [1.54, 1.807) is 0 Å². The van der Waals surface area contributed by atoms with E-state index in [0.29, 0.717) is 0 Å². The third-order valence-corrected chi connectivity index (χ3v) is 4.21. The van der Waals surface area contributed by atoms with Crippen molar-refractivity contribution in [3.05, 3.63) is 22.4 Å². The van der Waals surface area contributed by atoms with Gasteiger partial charge in [0.1, 0.15) is 0 Å². The largest absolute Gasteiger partial charge is 0.319 e. The number of nitrogens with one attached hydrogen (secondary N) is 1. The lowest BCUT2D eigenvalue weighted by atomic mass is 9.95. The van der Waals surface area contributed by atoms with Crippen LogP contribution in [0.3, 0.4) is 0 Å². The topological polar surface area (TPSA) is 15.3 Å². The summed E-state index contributed by atoms with van der Waals surface area (Å²) in [5, 5.41) is 5.46. The minimum Gasteiger partial charge on any atom is -0.319 e. The van der Waals surface area contributed by atoms with E-state index in [0.717, 1.165) is 24.9 Å². The molecule has 0 aliphatic rings. The van der Waals surface area contributed by atoms with Crippen LogP contribution in [-0.2, 0) is 6.42 Å². The zero-order valence-corrected chi connectivity index (χ0v) is 12.4. The van der Waals surface area contributed by atoms with Crippen LogP contribution < -0.4 is 5.32 Å². The van der Waals surface area contributed by atoms with E-state index in [4.69, 9.17) is 0 Å². The second kappa shape index (κ2) is 7.85. The Balaban J connectivity index is 2.29. The van der Waals surface area contributed by atoms with Crippen molar-refractivity contribution in [2.45, 2.75) is 20.3 Å². The molecule has 0 aliphatic heterocycles. The summed E-state index contributed by atoms with van der Waals surface area (Å²) in [4.78, 5) is 3.95. The molecule has 0 radical (unpaired) electrons. The quantitative estimate of drug-likeness (QED) is 0.767.